The molecular formula is C22H19N3O4S2. The predicted octanol–water partition coefficient (Wildman–Crippen LogP) is 3.41. The Morgan fingerprint density at radius 3 is 2.61 bits per heavy atom. The van der Waals surface area contributed by atoms with E-state index in [1.807, 2.05) is 41.8 Å². The van der Waals surface area contributed by atoms with Crippen molar-refractivity contribution in [2.75, 3.05) is 18.0 Å². The molecule has 3 aromatic rings. The lowest BCUT2D eigenvalue weighted by atomic mass is 10.1. The van der Waals surface area contributed by atoms with E-state index in [1.54, 1.807) is 23.1 Å². The molecule has 3 heterocycles. The van der Waals surface area contributed by atoms with E-state index in [2.05, 4.69) is 5.32 Å². The molecule has 0 aliphatic carbocycles. The van der Waals surface area contributed by atoms with Crippen LogP contribution in [-0.2, 0) is 16.4 Å². The lowest BCUT2D eigenvalue weighted by Crippen LogP contribution is -2.34. The summed E-state index contributed by atoms with van der Waals surface area (Å²) in [7, 11) is -4.01. The Labute approximate surface area is 184 Å². The predicted molar refractivity (Wildman–Crippen MR) is 118 cm³/mol. The Balaban J connectivity index is 1.41. The van der Waals surface area contributed by atoms with Gasteiger partial charge < -0.3 is 10.2 Å². The van der Waals surface area contributed by atoms with Crippen LogP contribution in [0.2, 0.25) is 0 Å². The van der Waals surface area contributed by atoms with Crippen LogP contribution in [0, 0.1) is 0 Å². The van der Waals surface area contributed by atoms with Crippen LogP contribution in [0.25, 0.3) is 0 Å². The van der Waals surface area contributed by atoms with Gasteiger partial charge in [0.15, 0.2) is 0 Å². The standard InChI is InChI=1S/C22H19N3O4S2/c26-21(20-7-4-12-30-20)24-11-10-16-13-17(8-9-19(16)24)31(28,29)25-14-18(23-22(25)27)15-5-2-1-3-6-15/h1-9,12-13,18H,10-11,14H2,(H,23,27)/t18-/m1/s1. The fraction of sp³-hybridized carbons (Fsp3) is 0.182. The van der Waals surface area contributed by atoms with Gasteiger partial charge in [0, 0.05) is 12.2 Å². The highest BCUT2D eigenvalue weighted by Crippen LogP contribution is 2.34. The van der Waals surface area contributed by atoms with Crippen LogP contribution in [-0.4, -0.2) is 37.8 Å². The summed E-state index contributed by atoms with van der Waals surface area (Å²) < 4.78 is 27.3. The van der Waals surface area contributed by atoms with Gasteiger partial charge in [0.05, 0.1) is 22.4 Å². The van der Waals surface area contributed by atoms with E-state index in [4.69, 9.17) is 0 Å². The molecule has 2 aliphatic rings. The summed E-state index contributed by atoms with van der Waals surface area (Å²) in [5, 5.41) is 4.59. The highest BCUT2D eigenvalue weighted by Gasteiger charge is 2.39. The number of rotatable bonds is 4. The van der Waals surface area contributed by atoms with Crippen LogP contribution in [0.15, 0.2) is 70.9 Å². The van der Waals surface area contributed by atoms with Crippen molar-refractivity contribution >= 4 is 39.0 Å². The molecule has 7 nitrogen and oxygen atoms in total. The Bertz CT molecular complexity index is 1260. The van der Waals surface area contributed by atoms with E-state index in [1.165, 1.54) is 17.4 Å². The minimum Gasteiger partial charge on any atom is -0.328 e. The van der Waals surface area contributed by atoms with Gasteiger partial charge in [0.1, 0.15) is 0 Å². The number of amides is 3. The van der Waals surface area contributed by atoms with Crippen molar-refractivity contribution in [3.05, 3.63) is 82.0 Å². The Kier molecular flexibility index (Phi) is 4.79. The molecule has 9 heteroatoms. The van der Waals surface area contributed by atoms with Crippen LogP contribution in [0.1, 0.15) is 26.8 Å². The Hall–Kier alpha value is -3.17. The van der Waals surface area contributed by atoms with Gasteiger partial charge in [-0.3, -0.25) is 4.79 Å². The van der Waals surface area contributed by atoms with E-state index in [0.717, 1.165) is 15.4 Å². The molecule has 0 radical (unpaired) electrons. The number of nitrogens with zero attached hydrogens (tertiary/aromatic N) is 2. The lowest BCUT2D eigenvalue weighted by molar-refractivity contribution is 0.0993. The first-order valence-electron chi connectivity index (χ1n) is 9.81. The molecule has 0 bridgehead atoms. The molecule has 2 aliphatic heterocycles. The second-order valence-electron chi connectivity index (χ2n) is 7.42. The highest BCUT2D eigenvalue weighted by atomic mass is 32.2. The SMILES string of the molecule is O=C(c1cccs1)N1CCc2cc(S(=O)(=O)N3C[C@H](c4ccccc4)NC3=O)ccc21. The molecule has 31 heavy (non-hydrogen) atoms. The monoisotopic (exact) mass is 453 g/mol. The van der Waals surface area contributed by atoms with E-state index in [9.17, 15) is 18.0 Å². The van der Waals surface area contributed by atoms with Gasteiger partial charge in [-0.05, 0) is 47.2 Å². The first-order chi connectivity index (χ1) is 14.9. The normalized spacial score (nSPS) is 18.2. The maximum absolute atomic E-state index is 13.2. The molecule has 0 spiro atoms. The number of sulfonamides is 1. The third kappa shape index (κ3) is 3.39. The number of benzene rings is 2. The minimum atomic E-state index is -4.01. The van der Waals surface area contributed by atoms with Gasteiger partial charge in [0.25, 0.3) is 15.9 Å². The molecule has 1 fully saturated rings. The molecule has 1 atom stereocenters. The molecule has 2 aromatic carbocycles. The maximum atomic E-state index is 13.2. The van der Waals surface area contributed by atoms with E-state index in [-0.39, 0.29) is 17.3 Å². The summed E-state index contributed by atoms with van der Waals surface area (Å²) in [5.41, 5.74) is 2.35. The average Bonchev–Trinajstić information content (AvgIpc) is 3.53. The summed E-state index contributed by atoms with van der Waals surface area (Å²) >= 11 is 1.38. The van der Waals surface area contributed by atoms with Crippen molar-refractivity contribution in [2.45, 2.75) is 17.4 Å². The van der Waals surface area contributed by atoms with E-state index in [0.29, 0.717) is 23.5 Å². The number of hydrogen-bond acceptors (Lipinski definition) is 5. The topological polar surface area (TPSA) is 86.8 Å². The zero-order valence-corrected chi connectivity index (χ0v) is 18.0. The van der Waals surface area contributed by atoms with Crippen LogP contribution in [0.3, 0.4) is 0 Å². The number of carbonyl (C=O) groups is 2. The zero-order chi connectivity index (χ0) is 21.6. The molecule has 3 amide bonds. The molecular weight excluding hydrogens is 434 g/mol. The number of carbonyl (C=O) groups excluding carboxylic acids is 2. The fourth-order valence-electron chi connectivity index (χ4n) is 4.01. The molecule has 0 unspecified atom stereocenters. The summed E-state index contributed by atoms with van der Waals surface area (Å²) in [6, 6.07) is 16.6. The van der Waals surface area contributed by atoms with Crippen molar-refractivity contribution < 1.29 is 18.0 Å². The van der Waals surface area contributed by atoms with Gasteiger partial charge in [-0.25, -0.2) is 17.5 Å². The summed E-state index contributed by atoms with van der Waals surface area (Å²) in [6.45, 7) is 0.529. The molecule has 1 aromatic heterocycles. The summed E-state index contributed by atoms with van der Waals surface area (Å²) in [5.74, 6) is -0.0889. The fourth-order valence-corrected chi connectivity index (χ4v) is 6.08. The quantitative estimate of drug-likeness (QED) is 0.656. The van der Waals surface area contributed by atoms with Crippen molar-refractivity contribution in [2.24, 2.45) is 0 Å². The number of urea groups is 1. The van der Waals surface area contributed by atoms with Gasteiger partial charge in [0.2, 0.25) is 0 Å². The lowest BCUT2D eigenvalue weighted by Gasteiger charge is -2.18. The second kappa shape index (κ2) is 7.51. The van der Waals surface area contributed by atoms with Gasteiger partial charge >= 0.3 is 6.03 Å². The molecule has 5 rings (SSSR count). The van der Waals surface area contributed by atoms with E-state index >= 15 is 0 Å². The zero-order valence-electron chi connectivity index (χ0n) is 16.4. The van der Waals surface area contributed by atoms with E-state index < -0.39 is 22.1 Å². The molecule has 0 saturated carbocycles. The number of fused-ring (bicyclic) bond motifs is 1. The first-order valence-corrected chi connectivity index (χ1v) is 12.1. The molecule has 1 N–H and O–H groups in total. The first kappa shape index (κ1) is 19.8. The average molecular weight is 454 g/mol. The van der Waals surface area contributed by atoms with Crippen LogP contribution in [0.4, 0.5) is 10.5 Å². The van der Waals surface area contributed by atoms with Crippen molar-refractivity contribution in [1.82, 2.24) is 9.62 Å². The minimum absolute atomic E-state index is 0.0330. The smallest absolute Gasteiger partial charge is 0.328 e. The largest absolute Gasteiger partial charge is 0.331 e. The molecule has 1 saturated heterocycles. The third-order valence-electron chi connectivity index (χ3n) is 5.59. The van der Waals surface area contributed by atoms with Crippen molar-refractivity contribution in [3.8, 4) is 0 Å². The van der Waals surface area contributed by atoms with Gasteiger partial charge in [-0.15, -0.1) is 11.3 Å². The number of nitrogens with one attached hydrogen (secondary N) is 1. The second-order valence-corrected chi connectivity index (χ2v) is 10.2. The van der Waals surface area contributed by atoms with Crippen LogP contribution >= 0.6 is 11.3 Å². The van der Waals surface area contributed by atoms with Gasteiger partial charge in [-0.2, -0.15) is 0 Å². The third-order valence-corrected chi connectivity index (χ3v) is 8.19. The highest BCUT2D eigenvalue weighted by molar-refractivity contribution is 7.89. The Morgan fingerprint density at radius 2 is 1.87 bits per heavy atom. The number of thiophene rings is 1. The maximum Gasteiger partial charge on any atom is 0.331 e. The summed E-state index contributed by atoms with van der Waals surface area (Å²) in [6.07, 6.45) is 0.564. The Morgan fingerprint density at radius 1 is 1.06 bits per heavy atom. The number of anilines is 1. The summed E-state index contributed by atoms with van der Waals surface area (Å²) in [4.78, 5) is 27.6. The van der Waals surface area contributed by atoms with Crippen molar-refractivity contribution in [1.29, 1.82) is 0 Å². The number of hydrogen-bond donors (Lipinski definition) is 1. The van der Waals surface area contributed by atoms with Crippen LogP contribution in [0.5, 0.6) is 0 Å². The van der Waals surface area contributed by atoms with Crippen molar-refractivity contribution in [3.63, 3.8) is 0 Å². The van der Waals surface area contributed by atoms with Gasteiger partial charge in [-0.1, -0.05) is 36.4 Å². The molecule has 158 valence electrons. The van der Waals surface area contributed by atoms with Crippen LogP contribution < -0.4 is 10.2 Å².